The highest BCUT2D eigenvalue weighted by molar-refractivity contribution is 7.71. The number of nitrogens with zero attached hydrogens (tertiary/aromatic N) is 3. The number of furan rings is 1. The number of hydrogen-bond acceptors (Lipinski definition) is 6. The monoisotopic (exact) mass is 413 g/mol. The zero-order chi connectivity index (χ0) is 19.5. The summed E-state index contributed by atoms with van der Waals surface area (Å²) in [7, 11) is 0. The average molecular weight is 414 g/mol. The Morgan fingerprint density at radius 3 is 3.00 bits per heavy atom. The van der Waals surface area contributed by atoms with Gasteiger partial charge in [-0.05, 0) is 42.9 Å². The second kappa shape index (κ2) is 8.07. The topological polar surface area (TPSA) is 88.7 Å². The number of hydrogen-bond donors (Lipinski definition) is 2. The fourth-order valence-electron chi connectivity index (χ4n) is 2.88. The van der Waals surface area contributed by atoms with Crippen molar-refractivity contribution in [3.63, 3.8) is 0 Å². The number of thiazole rings is 1. The van der Waals surface area contributed by atoms with E-state index in [1.165, 1.54) is 0 Å². The minimum atomic E-state index is -0.146. The van der Waals surface area contributed by atoms with Gasteiger partial charge in [0.1, 0.15) is 18.1 Å². The van der Waals surface area contributed by atoms with Crippen LogP contribution in [-0.4, -0.2) is 25.7 Å². The summed E-state index contributed by atoms with van der Waals surface area (Å²) in [4.78, 5) is 16.9. The molecule has 4 rings (SSSR count). The lowest BCUT2D eigenvalue weighted by molar-refractivity contribution is -0.122. The van der Waals surface area contributed by atoms with Crippen LogP contribution in [0.4, 0.5) is 0 Å². The van der Waals surface area contributed by atoms with Gasteiger partial charge in [0, 0.05) is 6.42 Å². The summed E-state index contributed by atoms with van der Waals surface area (Å²) in [5.74, 6) is 2.02. The number of fused-ring (bicyclic) bond motifs is 1. The van der Waals surface area contributed by atoms with E-state index >= 15 is 0 Å². The lowest BCUT2D eigenvalue weighted by Gasteiger charge is -2.06. The molecule has 7 nitrogen and oxygen atoms in total. The third kappa shape index (κ3) is 3.90. The summed E-state index contributed by atoms with van der Waals surface area (Å²) in [5, 5.41) is 10.6. The van der Waals surface area contributed by atoms with Gasteiger partial charge in [-0.1, -0.05) is 19.1 Å². The lowest BCUT2D eigenvalue weighted by Crippen LogP contribution is -2.27. The quantitative estimate of drug-likeness (QED) is 0.446. The SMILES string of the molecule is CCCc1n[nH]c(=S)n1CC(=O)NCc1ccc(-c2nc3ccccc3s2)o1. The van der Waals surface area contributed by atoms with Crippen LogP contribution < -0.4 is 5.32 Å². The van der Waals surface area contributed by atoms with Crippen molar-refractivity contribution in [3.05, 3.63) is 52.8 Å². The van der Waals surface area contributed by atoms with Crippen LogP contribution in [0.2, 0.25) is 0 Å². The molecule has 0 fully saturated rings. The molecule has 9 heteroatoms. The van der Waals surface area contributed by atoms with E-state index in [0.717, 1.165) is 33.9 Å². The molecule has 144 valence electrons. The second-order valence-corrected chi connectivity index (χ2v) is 7.73. The van der Waals surface area contributed by atoms with Gasteiger partial charge in [0.2, 0.25) is 5.91 Å². The fourth-order valence-corrected chi connectivity index (χ4v) is 4.02. The third-order valence-corrected chi connectivity index (χ3v) is 5.60. The summed E-state index contributed by atoms with van der Waals surface area (Å²) in [6.07, 6.45) is 1.70. The van der Waals surface area contributed by atoms with E-state index in [2.05, 4.69) is 27.4 Å². The van der Waals surface area contributed by atoms with E-state index in [1.54, 1.807) is 15.9 Å². The molecule has 0 aliphatic heterocycles. The van der Waals surface area contributed by atoms with E-state index in [-0.39, 0.29) is 12.5 Å². The highest BCUT2D eigenvalue weighted by Crippen LogP contribution is 2.31. The molecule has 0 aliphatic rings. The number of nitrogens with one attached hydrogen (secondary N) is 2. The van der Waals surface area contributed by atoms with Crippen LogP contribution in [-0.2, 0) is 24.3 Å². The van der Waals surface area contributed by atoms with Crippen LogP contribution in [0, 0.1) is 4.77 Å². The van der Waals surface area contributed by atoms with Gasteiger partial charge >= 0.3 is 0 Å². The summed E-state index contributed by atoms with van der Waals surface area (Å²) in [5.41, 5.74) is 0.952. The smallest absolute Gasteiger partial charge is 0.240 e. The van der Waals surface area contributed by atoms with Crippen LogP contribution in [0.5, 0.6) is 0 Å². The molecule has 3 heterocycles. The van der Waals surface area contributed by atoms with Crippen molar-refractivity contribution >= 4 is 39.7 Å². The molecule has 0 radical (unpaired) electrons. The van der Waals surface area contributed by atoms with Gasteiger partial charge in [-0.25, -0.2) is 4.98 Å². The highest BCUT2D eigenvalue weighted by Gasteiger charge is 2.13. The Labute approximate surface area is 170 Å². The average Bonchev–Trinajstić information content (AvgIpc) is 3.40. The zero-order valence-electron chi connectivity index (χ0n) is 15.3. The van der Waals surface area contributed by atoms with Crippen molar-refractivity contribution < 1.29 is 9.21 Å². The van der Waals surface area contributed by atoms with Crippen LogP contribution in [0.15, 0.2) is 40.8 Å². The van der Waals surface area contributed by atoms with Gasteiger partial charge in [-0.2, -0.15) is 5.10 Å². The number of amides is 1. The minimum absolute atomic E-state index is 0.135. The molecular formula is C19H19N5O2S2. The highest BCUT2D eigenvalue weighted by atomic mass is 32.1. The predicted molar refractivity (Wildman–Crippen MR) is 111 cm³/mol. The second-order valence-electron chi connectivity index (χ2n) is 6.31. The number of carbonyl (C=O) groups excluding carboxylic acids is 1. The number of aromatic nitrogens is 4. The van der Waals surface area contributed by atoms with Gasteiger partial charge in [0.25, 0.3) is 0 Å². The zero-order valence-corrected chi connectivity index (χ0v) is 16.9. The molecule has 0 unspecified atom stereocenters. The van der Waals surface area contributed by atoms with Crippen molar-refractivity contribution in [2.75, 3.05) is 0 Å². The maximum Gasteiger partial charge on any atom is 0.240 e. The van der Waals surface area contributed by atoms with E-state index in [0.29, 0.717) is 22.8 Å². The summed E-state index contributed by atoms with van der Waals surface area (Å²) < 4.78 is 9.15. The Bertz CT molecular complexity index is 1140. The first-order chi connectivity index (χ1) is 13.6. The number of rotatable bonds is 7. The van der Waals surface area contributed by atoms with Crippen molar-refractivity contribution in [3.8, 4) is 10.8 Å². The minimum Gasteiger partial charge on any atom is -0.457 e. The van der Waals surface area contributed by atoms with Crippen LogP contribution in [0.1, 0.15) is 24.9 Å². The Morgan fingerprint density at radius 1 is 1.32 bits per heavy atom. The number of carbonyl (C=O) groups is 1. The molecule has 3 aromatic heterocycles. The third-order valence-electron chi connectivity index (χ3n) is 4.24. The van der Waals surface area contributed by atoms with Crippen LogP contribution in [0.25, 0.3) is 21.0 Å². The van der Waals surface area contributed by atoms with Crippen molar-refractivity contribution in [2.45, 2.75) is 32.9 Å². The number of para-hydroxylation sites is 1. The first kappa shape index (κ1) is 18.6. The Morgan fingerprint density at radius 2 is 2.18 bits per heavy atom. The molecule has 0 saturated carbocycles. The summed E-state index contributed by atoms with van der Waals surface area (Å²) in [6.45, 7) is 2.50. The maximum absolute atomic E-state index is 12.3. The molecule has 0 bridgehead atoms. The number of benzene rings is 1. The molecule has 1 amide bonds. The molecule has 0 spiro atoms. The Hall–Kier alpha value is -2.78. The van der Waals surface area contributed by atoms with Crippen molar-refractivity contribution in [1.29, 1.82) is 0 Å². The molecule has 1 aromatic carbocycles. The Kier molecular flexibility index (Phi) is 5.36. The molecular weight excluding hydrogens is 394 g/mol. The number of aryl methyl sites for hydroxylation is 1. The Balaban J connectivity index is 1.40. The van der Waals surface area contributed by atoms with Crippen molar-refractivity contribution in [2.24, 2.45) is 0 Å². The van der Waals surface area contributed by atoms with E-state index in [9.17, 15) is 4.79 Å². The maximum atomic E-state index is 12.3. The molecule has 0 aliphatic carbocycles. The molecule has 28 heavy (non-hydrogen) atoms. The summed E-state index contributed by atoms with van der Waals surface area (Å²) >= 11 is 6.79. The molecule has 0 atom stereocenters. The predicted octanol–water partition coefficient (Wildman–Crippen LogP) is 4.08. The normalized spacial score (nSPS) is 11.2. The molecule has 0 saturated heterocycles. The fraction of sp³-hybridized carbons (Fsp3) is 0.263. The molecule has 4 aromatic rings. The standard InChI is InChI=1S/C19H19N5O2S2/c1-2-5-16-22-23-19(27)24(16)11-17(25)20-10-12-8-9-14(26-12)18-21-13-6-3-4-7-15(13)28-18/h3-4,6-9H,2,5,10-11H2,1H3,(H,20,25)(H,23,27). The van der Waals surface area contributed by atoms with Crippen LogP contribution >= 0.6 is 23.6 Å². The van der Waals surface area contributed by atoms with E-state index in [1.807, 2.05) is 36.4 Å². The summed E-state index contributed by atoms with van der Waals surface area (Å²) in [6, 6.07) is 11.7. The van der Waals surface area contributed by atoms with E-state index < -0.39 is 0 Å². The van der Waals surface area contributed by atoms with Gasteiger partial charge in [0.15, 0.2) is 15.5 Å². The van der Waals surface area contributed by atoms with Gasteiger partial charge in [-0.3, -0.25) is 14.5 Å². The number of H-pyrrole nitrogens is 1. The lowest BCUT2D eigenvalue weighted by atomic mass is 10.3. The largest absolute Gasteiger partial charge is 0.457 e. The van der Waals surface area contributed by atoms with Crippen LogP contribution in [0.3, 0.4) is 0 Å². The van der Waals surface area contributed by atoms with Crippen molar-refractivity contribution in [1.82, 2.24) is 25.1 Å². The van der Waals surface area contributed by atoms with E-state index in [4.69, 9.17) is 16.6 Å². The number of aromatic amines is 1. The van der Waals surface area contributed by atoms with Gasteiger partial charge in [0.05, 0.1) is 16.8 Å². The molecule has 2 N–H and O–H groups in total. The first-order valence-corrected chi connectivity index (χ1v) is 10.2. The van der Waals surface area contributed by atoms with Gasteiger partial charge < -0.3 is 9.73 Å². The first-order valence-electron chi connectivity index (χ1n) is 8.99. The van der Waals surface area contributed by atoms with Gasteiger partial charge in [-0.15, -0.1) is 11.3 Å².